The lowest BCUT2D eigenvalue weighted by molar-refractivity contribution is -0.121. The van der Waals surface area contributed by atoms with Gasteiger partial charge < -0.3 is 5.10 Å². The highest BCUT2D eigenvalue weighted by molar-refractivity contribution is 6.02. The number of hydrazone groups is 1. The van der Waals surface area contributed by atoms with Crippen LogP contribution in [-0.4, -0.2) is 21.8 Å². The van der Waals surface area contributed by atoms with Crippen LogP contribution >= 0.6 is 0 Å². The van der Waals surface area contributed by atoms with Crippen molar-refractivity contribution in [2.24, 2.45) is 5.10 Å². The Labute approximate surface area is 144 Å². The number of aryl methyl sites for hydroxylation is 1. The second kappa shape index (κ2) is 7.17. The van der Waals surface area contributed by atoms with Gasteiger partial charge in [-0.05, 0) is 42.7 Å². The highest BCUT2D eigenvalue weighted by atomic mass is 16.2. The van der Waals surface area contributed by atoms with Crippen molar-refractivity contribution in [3.8, 4) is 0 Å². The van der Waals surface area contributed by atoms with Gasteiger partial charge in [-0.3, -0.25) is 14.7 Å². The SMILES string of the molecule is C/C(=N/NC(=O)CCc1c(C)[nH][nH]c1=O)c1ccc2ccccc2c1. The van der Waals surface area contributed by atoms with E-state index in [-0.39, 0.29) is 17.9 Å². The van der Waals surface area contributed by atoms with Gasteiger partial charge in [-0.2, -0.15) is 5.10 Å². The lowest BCUT2D eigenvalue weighted by atomic mass is 10.0. The van der Waals surface area contributed by atoms with Gasteiger partial charge in [0.1, 0.15) is 0 Å². The summed E-state index contributed by atoms with van der Waals surface area (Å²) < 4.78 is 0. The molecule has 3 N–H and O–H groups in total. The smallest absolute Gasteiger partial charge is 0.267 e. The van der Waals surface area contributed by atoms with E-state index in [4.69, 9.17) is 0 Å². The molecule has 1 amide bonds. The van der Waals surface area contributed by atoms with E-state index in [1.54, 1.807) is 6.92 Å². The molecule has 6 nitrogen and oxygen atoms in total. The Kier molecular flexibility index (Phi) is 4.79. The number of benzene rings is 2. The number of aromatic amines is 2. The number of aromatic nitrogens is 2. The highest BCUT2D eigenvalue weighted by Gasteiger charge is 2.09. The Morgan fingerprint density at radius 1 is 1.12 bits per heavy atom. The van der Waals surface area contributed by atoms with Gasteiger partial charge in [0.05, 0.1) is 5.71 Å². The summed E-state index contributed by atoms with van der Waals surface area (Å²) in [7, 11) is 0. The van der Waals surface area contributed by atoms with Crippen molar-refractivity contribution in [2.45, 2.75) is 26.7 Å². The molecular formula is C19H20N4O2. The Balaban J connectivity index is 1.63. The van der Waals surface area contributed by atoms with Crippen molar-refractivity contribution in [3.63, 3.8) is 0 Å². The van der Waals surface area contributed by atoms with Crippen LogP contribution in [0.2, 0.25) is 0 Å². The zero-order chi connectivity index (χ0) is 17.8. The molecule has 25 heavy (non-hydrogen) atoms. The first-order valence-electron chi connectivity index (χ1n) is 8.13. The molecule has 6 heteroatoms. The monoisotopic (exact) mass is 336 g/mol. The zero-order valence-electron chi connectivity index (χ0n) is 14.2. The standard InChI is InChI=1S/C19H20N4O2/c1-12(15-8-7-14-5-3-4-6-16(14)11-15)20-22-18(24)10-9-17-13(2)21-23-19(17)25/h3-8,11H,9-10H2,1-2H3,(H,22,24)(H2,21,23,25)/b20-12-. The topological polar surface area (TPSA) is 90.1 Å². The van der Waals surface area contributed by atoms with Crippen LogP contribution in [0.15, 0.2) is 52.4 Å². The van der Waals surface area contributed by atoms with E-state index in [0.29, 0.717) is 12.0 Å². The summed E-state index contributed by atoms with van der Waals surface area (Å²) >= 11 is 0. The minimum absolute atomic E-state index is 0.179. The van der Waals surface area contributed by atoms with E-state index in [0.717, 1.165) is 27.7 Å². The average molecular weight is 336 g/mol. The zero-order valence-corrected chi connectivity index (χ0v) is 14.2. The Morgan fingerprint density at radius 3 is 2.60 bits per heavy atom. The third-order valence-corrected chi connectivity index (χ3v) is 4.21. The van der Waals surface area contributed by atoms with Crippen LogP contribution in [0, 0.1) is 6.92 Å². The molecule has 1 aromatic heterocycles. The quantitative estimate of drug-likeness (QED) is 0.494. The van der Waals surface area contributed by atoms with Crippen LogP contribution in [0.25, 0.3) is 10.8 Å². The number of amides is 1. The lowest BCUT2D eigenvalue weighted by Gasteiger charge is -2.05. The van der Waals surface area contributed by atoms with E-state index >= 15 is 0 Å². The summed E-state index contributed by atoms with van der Waals surface area (Å²) in [6, 6.07) is 14.1. The van der Waals surface area contributed by atoms with E-state index in [2.05, 4.69) is 26.8 Å². The van der Waals surface area contributed by atoms with Gasteiger partial charge in [0, 0.05) is 17.7 Å². The average Bonchev–Trinajstić information content (AvgIpc) is 2.95. The summed E-state index contributed by atoms with van der Waals surface area (Å²) in [6.07, 6.45) is 0.581. The number of rotatable bonds is 5. The fourth-order valence-electron chi connectivity index (χ4n) is 2.69. The fourth-order valence-corrected chi connectivity index (χ4v) is 2.69. The largest absolute Gasteiger partial charge is 0.302 e. The summed E-state index contributed by atoms with van der Waals surface area (Å²) in [5.41, 5.74) is 5.42. The molecule has 0 unspecified atom stereocenters. The second-order valence-electron chi connectivity index (χ2n) is 5.98. The molecule has 0 fully saturated rings. The first-order chi connectivity index (χ1) is 12.0. The van der Waals surface area contributed by atoms with Crippen LogP contribution < -0.4 is 11.0 Å². The maximum Gasteiger partial charge on any atom is 0.267 e. The molecule has 3 rings (SSSR count). The molecule has 3 aromatic rings. The van der Waals surface area contributed by atoms with Crippen molar-refractivity contribution in [1.29, 1.82) is 0 Å². The number of nitrogens with zero attached hydrogens (tertiary/aromatic N) is 1. The Hall–Kier alpha value is -3.15. The second-order valence-corrected chi connectivity index (χ2v) is 5.98. The molecule has 0 radical (unpaired) electrons. The molecule has 1 heterocycles. The minimum atomic E-state index is -0.222. The van der Waals surface area contributed by atoms with E-state index < -0.39 is 0 Å². The maximum absolute atomic E-state index is 12.0. The number of H-pyrrole nitrogens is 2. The number of fused-ring (bicyclic) bond motifs is 1. The first kappa shape index (κ1) is 16.7. The summed E-state index contributed by atoms with van der Waals surface area (Å²) in [5, 5.41) is 11.7. The highest BCUT2D eigenvalue weighted by Crippen LogP contribution is 2.16. The number of carbonyl (C=O) groups is 1. The summed E-state index contributed by atoms with van der Waals surface area (Å²) in [6.45, 7) is 3.65. The van der Waals surface area contributed by atoms with Gasteiger partial charge in [-0.25, -0.2) is 5.43 Å². The molecule has 128 valence electrons. The molecule has 0 spiro atoms. The molecule has 0 aliphatic rings. The predicted molar refractivity (Wildman–Crippen MR) is 98.8 cm³/mol. The van der Waals surface area contributed by atoms with E-state index in [1.807, 2.05) is 43.3 Å². The number of hydrogen-bond donors (Lipinski definition) is 3. The normalized spacial score (nSPS) is 11.7. The Bertz CT molecular complexity index is 998. The molecule has 0 saturated carbocycles. The number of carbonyl (C=O) groups excluding carboxylic acids is 1. The fraction of sp³-hybridized carbons (Fsp3) is 0.211. The van der Waals surface area contributed by atoms with Crippen LogP contribution in [0.5, 0.6) is 0 Å². The molecule has 0 saturated heterocycles. The van der Waals surface area contributed by atoms with Crippen molar-refractivity contribution in [1.82, 2.24) is 15.6 Å². The third kappa shape index (κ3) is 3.85. The van der Waals surface area contributed by atoms with Gasteiger partial charge in [-0.1, -0.05) is 36.4 Å². The van der Waals surface area contributed by atoms with E-state index in [1.165, 1.54) is 0 Å². The van der Waals surface area contributed by atoms with Gasteiger partial charge in [0.2, 0.25) is 5.91 Å². The predicted octanol–water partition coefficient (Wildman–Crippen LogP) is 2.64. The molecule has 2 aromatic carbocycles. The van der Waals surface area contributed by atoms with Gasteiger partial charge in [-0.15, -0.1) is 0 Å². The third-order valence-electron chi connectivity index (χ3n) is 4.21. The molecular weight excluding hydrogens is 316 g/mol. The van der Waals surface area contributed by atoms with Crippen molar-refractivity contribution >= 4 is 22.4 Å². The molecule has 0 aliphatic carbocycles. The van der Waals surface area contributed by atoms with Crippen LogP contribution in [0.3, 0.4) is 0 Å². The van der Waals surface area contributed by atoms with E-state index in [9.17, 15) is 9.59 Å². The molecule has 0 bridgehead atoms. The minimum Gasteiger partial charge on any atom is -0.302 e. The first-order valence-corrected chi connectivity index (χ1v) is 8.13. The lowest BCUT2D eigenvalue weighted by Crippen LogP contribution is -2.20. The van der Waals surface area contributed by atoms with Gasteiger partial charge in [0.15, 0.2) is 0 Å². The number of hydrogen-bond acceptors (Lipinski definition) is 3. The van der Waals surface area contributed by atoms with Crippen LogP contribution in [-0.2, 0) is 11.2 Å². The number of nitrogens with one attached hydrogen (secondary N) is 3. The molecule has 0 aliphatic heterocycles. The van der Waals surface area contributed by atoms with Gasteiger partial charge >= 0.3 is 0 Å². The maximum atomic E-state index is 12.0. The van der Waals surface area contributed by atoms with Crippen molar-refractivity contribution < 1.29 is 4.79 Å². The van der Waals surface area contributed by atoms with Crippen molar-refractivity contribution in [2.75, 3.05) is 0 Å². The van der Waals surface area contributed by atoms with Gasteiger partial charge in [0.25, 0.3) is 5.56 Å². The Morgan fingerprint density at radius 2 is 1.88 bits per heavy atom. The summed E-state index contributed by atoms with van der Waals surface area (Å²) in [4.78, 5) is 23.5. The summed E-state index contributed by atoms with van der Waals surface area (Å²) in [5.74, 6) is -0.222. The van der Waals surface area contributed by atoms with Crippen molar-refractivity contribution in [3.05, 3.63) is 69.6 Å². The molecule has 0 atom stereocenters. The van der Waals surface area contributed by atoms with Crippen LogP contribution in [0.4, 0.5) is 0 Å². The van der Waals surface area contributed by atoms with Crippen LogP contribution in [0.1, 0.15) is 30.2 Å².